The molecule has 1 aliphatic rings. The minimum Gasteiger partial charge on any atom is -0.349 e. The molecule has 1 heterocycles. The number of benzene rings is 1. The summed E-state index contributed by atoms with van der Waals surface area (Å²) in [5.74, 6) is 0.171. The van der Waals surface area contributed by atoms with E-state index in [-0.39, 0.29) is 11.9 Å². The Morgan fingerprint density at radius 3 is 2.93 bits per heavy atom. The molecule has 0 spiro atoms. The number of hydrogen-bond acceptors (Lipinski definition) is 2. The van der Waals surface area contributed by atoms with Gasteiger partial charge in [0.25, 0.3) is 0 Å². The monoisotopic (exact) mass is 204 g/mol. The molecule has 0 radical (unpaired) electrons. The second kappa shape index (κ2) is 4.03. The Kier molecular flexibility index (Phi) is 2.73. The summed E-state index contributed by atoms with van der Waals surface area (Å²) in [5.41, 5.74) is 2.58. The van der Waals surface area contributed by atoms with Crippen molar-refractivity contribution in [2.75, 3.05) is 14.1 Å². The van der Waals surface area contributed by atoms with Gasteiger partial charge in [0.15, 0.2) is 0 Å². The fourth-order valence-electron chi connectivity index (χ4n) is 1.92. The van der Waals surface area contributed by atoms with Crippen LogP contribution in [0.4, 0.5) is 0 Å². The minimum atomic E-state index is 0.171. The van der Waals surface area contributed by atoms with Gasteiger partial charge >= 0.3 is 0 Å². The minimum absolute atomic E-state index is 0.171. The quantitative estimate of drug-likeness (QED) is 0.787. The summed E-state index contributed by atoms with van der Waals surface area (Å²) in [7, 11) is 3.59. The standard InChI is InChI=1S/C12H16N2O/c1-14(2)12(15)7-11-10-6-4-3-5-9(10)8-13-11/h3-6,11,13H,7-8H2,1-2H3. The lowest BCUT2D eigenvalue weighted by atomic mass is 10.0. The predicted octanol–water partition coefficient (Wildman–Crippen LogP) is 1.31. The molecule has 80 valence electrons. The van der Waals surface area contributed by atoms with E-state index in [2.05, 4.69) is 17.4 Å². The molecular formula is C12H16N2O. The molecule has 1 aromatic carbocycles. The van der Waals surface area contributed by atoms with Gasteiger partial charge in [-0.25, -0.2) is 0 Å². The van der Waals surface area contributed by atoms with Crippen LogP contribution >= 0.6 is 0 Å². The number of carbonyl (C=O) groups excluding carboxylic acids is 1. The van der Waals surface area contributed by atoms with Gasteiger partial charge in [-0.1, -0.05) is 24.3 Å². The van der Waals surface area contributed by atoms with E-state index in [1.54, 1.807) is 19.0 Å². The van der Waals surface area contributed by atoms with Gasteiger partial charge < -0.3 is 10.2 Å². The second-order valence-corrected chi connectivity index (χ2v) is 4.12. The Hall–Kier alpha value is -1.35. The average molecular weight is 204 g/mol. The molecule has 15 heavy (non-hydrogen) atoms. The van der Waals surface area contributed by atoms with Crippen molar-refractivity contribution in [2.24, 2.45) is 0 Å². The lowest BCUT2D eigenvalue weighted by Crippen LogP contribution is -2.26. The smallest absolute Gasteiger partial charge is 0.223 e. The molecule has 1 unspecified atom stereocenters. The van der Waals surface area contributed by atoms with Crippen molar-refractivity contribution in [3.8, 4) is 0 Å². The van der Waals surface area contributed by atoms with Crippen LogP contribution in [0.25, 0.3) is 0 Å². The summed E-state index contributed by atoms with van der Waals surface area (Å²) >= 11 is 0. The largest absolute Gasteiger partial charge is 0.349 e. The lowest BCUT2D eigenvalue weighted by molar-refractivity contribution is -0.129. The maximum Gasteiger partial charge on any atom is 0.223 e. The summed E-state index contributed by atoms with van der Waals surface area (Å²) in [4.78, 5) is 13.2. The number of hydrogen-bond donors (Lipinski definition) is 1. The van der Waals surface area contributed by atoms with Crippen LogP contribution in [0.2, 0.25) is 0 Å². The lowest BCUT2D eigenvalue weighted by Gasteiger charge is -2.15. The molecule has 3 heteroatoms. The Labute approximate surface area is 90.1 Å². The van der Waals surface area contributed by atoms with Crippen LogP contribution in [0.3, 0.4) is 0 Å². The first kappa shape index (κ1) is 10.2. The van der Waals surface area contributed by atoms with E-state index in [1.165, 1.54) is 11.1 Å². The number of carbonyl (C=O) groups is 1. The van der Waals surface area contributed by atoms with E-state index in [4.69, 9.17) is 0 Å². The second-order valence-electron chi connectivity index (χ2n) is 4.12. The molecule has 2 rings (SSSR count). The predicted molar refractivity (Wildman–Crippen MR) is 59.3 cm³/mol. The number of rotatable bonds is 2. The zero-order valence-corrected chi connectivity index (χ0v) is 9.16. The van der Waals surface area contributed by atoms with Gasteiger partial charge in [0.1, 0.15) is 0 Å². The van der Waals surface area contributed by atoms with Crippen LogP contribution in [0.5, 0.6) is 0 Å². The van der Waals surface area contributed by atoms with Gasteiger partial charge in [-0.2, -0.15) is 0 Å². The third-order valence-corrected chi connectivity index (χ3v) is 2.85. The van der Waals surface area contributed by atoms with Crippen molar-refractivity contribution in [1.82, 2.24) is 10.2 Å². The third kappa shape index (κ3) is 2.02. The van der Waals surface area contributed by atoms with Gasteiger partial charge in [-0.05, 0) is 11.1 Å². The zero-order chi connectivity index (χ0) is 10.8. The van der Waals surface area contributed by atoms with E-state index in [1.807, 2.05) is 12.1 Å². The van der Waals surface area contributed by atoms with Gasteiger partial charge in [-0.3, -0.25) is 4.79 Å². The average Bonchev–Trinajstić information content (AvgIpc) is 2.62. The van der Waals surface area contributed by atoms with E-state index in [0.29, 0.717) is 6.42 Å². The van der Waals surface area contributed by atoms with Gasteiger partial charge in [0.2, 0.25) is 5.91 Å². The van der Waals surface area contributed by atoms with E-state index in [0.717, 1.165) is 6.54 Å². The number of nitrogens with one attached hydrogen (secondary N) is 1. The Bertz CT molecular complexity index is 374. The first-order chi connectivity index (χ1) is 7.18. The highest BCUT2D eigenvalue weighted by Crippen LogP contribution is 2.27. The topological polar surface area (TPSA) is 32.3 Å². The van der Waals surface area contributed by atoms with Crippen LogP contribution in [0, 0.1) is 0 Å². The molecule has 1 atom stereocenters. The number of amides is 1. The van der Waals surface area contributed by atoms with E-state index >= 15 is 0 Å². The van der Waals surface area contributed by atoms with Crippen LogP contribution in [0.15, 0.2) is 24.3 Å². The maximum atomic E-state index is 11.6. The third-order valence-electron chi connectivity index (χ3n) is 2.85. The van der Waals surface area contributed by atoms with Crippen molar-refractivity contribution >= 4 is 5.91 Å². The first-order valence-corrected chi connectivity index (χ1v) is 5.20. The normalized spacial score (nSPS) is 18.7. The van der Waals surface area contributed by atoms with Crippen LogP contribution in [0.1, 0.15) is 23.6 Å². The summed E-state index contributed by atoms with van der Waals surface area (Å²) in [5, 5.41) is 3.36. The highest BCUT2D eigenvalue weighted by molar-refractivity contribution is 5.76. The molecule has 1 amide bonds. The van der Waals surface area contributed by atoms with Crippen molar-refractivity contribution in [2.45, 2.75) is 19.0 Å². The van der Waals surface area contributed by atoms with Gasteiger partial charge in [-0.15, -0.1) is 0 Å². The van der Waals surface area contributed by atoms with Crippen LogP contribution < -0.4 is 5.32 Å². The fourth-order valence-corrected chi connectivity index (χ4v) is 1.92. The molecule has 1 aliphatic heterocycles. The Balaban J connectivity index is 2.11. The van der Waals surface area contributed by atoms with Crippen LogP contribution in [-0.4, -0.2) is 24.9 Å². The first-order valence-electron chi connectivity index (χ1n) is 5.20. The van der Waals surface area contributed by atoms with Crippen molar-refractivity contribution in [3.63, 3.8) is 0 Å². The SMILES string of the molecule is CN(C)C(=O)CC1NCc2ccccc21. The van der Waals surface area contributed by atoms with Crippen molar-refractivity contribution in [3.05, 3.63) is 35.4 Å². The van der Waals surface area contributed by atoms with Gasteiger partial charge in [0, 0.05) is 33.1 Å². The molecule has 0 aromatic heterocycles. The highest BCUT2D eigenvalue weighted by Gasteiger charge is 2.23. The summed E-state index contributed by atoms with van der Waals surface area (Å²) < 4.78 is 0. The molecule has 3 nitrogen and oxygen atoms in total. The van der Waals surface area contributed by atoms with Crippen molar-refractivity contribution in [1.29, 1.82) is 0 Å². The summed E-state index contributed by atoms with van der Waals surface area (Å²) in [6.45, 7) is 0.877. The molecule has 0 saturated carbocycles. The van der Waals surface area contributed by atoms with Crippen molar-refractivity contribution < 1.29 is 4.79 Å². The molecule has 1 aromatic rings. The van der Waals surface area contributed by atoms with E-state index in [9.17, 15) is 4.79 Å². The summed E-state index contributed by atoms with van der Waals surface area (Å²) in [6, 6.07) is 8.47. The molecular weight excluding hydrogens is 188 g/mol. The van der Waals surface area contributed by atoms with E-state index < -0.39 is 0 Å². The molecule has 1 N–H and O–H groups in total. The number of fused-ring (bicyclic) bond motifs is 1. The molecule has 0 saturated heterocycles. The molecule has 0 fully saturated rings. The van der Waals surface area contributed by atoms with Gasteiger partial charge in [0.05, 0.1) is 0 Å². The molecule has 0 aliphatic carbocycles. The Morgan fingerprint density at radius 2 is 2.20 bits per heavy atom. The molecule has 0 bridgehead atoms. The summed E-state index contributed by atoms with van der Waals surface area (Å²) in [6.07, 6.45) is 0.546. The zero-order valence-electron chi connectivity index (χ0n) is 9.16. The Morgan fingerprint density at radius 1 is 1.47 bits per heavy atom. The highest BCUT2D eigenvalue weighted by atomic mass is 16.2. The maximum absolute atomic E-state index is 11.6. The number of nitrogens with zero attached hydrogens (tertiary/aromatic N) is 1. The van der Waals surface area contributed by atoms with Crippen LogP contribution in [-0.2, 0) is 11.3 Å². The fraction of sp³-hybridized carbons (Fsp3) is 0.417.